The fraction of sp³-hybridized carbons (Fsp3) is 0.320. The minimum Gasteiger partial charge on any atom is -0.354 e. The maximum atomic E-state index is 12.7. The van der Waals surface area contributed by atoms with E-state index in [-0.39, 0.29) is 11.8 Å². The number of nitrogens with one attached hydrogen (secondary N) is 1. The number of aromatic nitrogens is 2. The van der Waals surface area contributed by atoms with Crippen molar-refractivity contribution in [3.05, 3.63) is 77.4 Å². The zero-order chi connectivity index (χ0) is 20.9. The molecule has 0 saturated carbocycles. The van der Waals surface area contributed by atoms with Crippen molar-refractivity contribution >= 4 is 11.7 Å². The van der Waals surface area contributed by atoms with Crippen molar-refractivity contribution in [3.8, 4) is 11.3 Å². The van der Waals surface area contributed by atoms with Crippen LogP contribution in [0.5, 0.6) is 0 Å². The molecule has 1 aliphatic rings. The molecular formula is C25H28N4O. The summed E-state index contributed by atoms with van der Waals surface area (Å²) in [6, 6.07) is 20.6. The molecule has 1 fully saturated rings. The maximum Gasteiger partial charge on any atom is 0.225 e. The molecule has 0 aliphatic carbocycles. The van der Waals surface area contributed by atoms with Crippen LogP contribution >= 0.6 is 0 Å². The molecule has 1 atom stereocenters. The molecule has 5 heteroatoms. The smallest absolute Gasteiger partial charge is 0.225 e. The summed E-state index contributed by atoms with van der Waals surface area (Å²) in [6.45, 7) is 6.29. The highest BCUT2D eigenvalue weighted by Crippen LogP contribution is 2.24. The van der Waals surface area contributed by atoms with E-state index >= 15 is 0 Å². The molecule has 0 unspecified atom stereocenters. The lowest BCUT2D eigenvalue weighted by molar-refractivity contribution is -0.125. The Balaban J connectivity index is 1.37. The van der Waals surface area contributed by atoms with Gasteiger partial charge in [0, 0.05) is 25.2 Å². The van der Waals surface area contributed by atoms with E-state index in [1.165, 1.54) is 11.1 Å². The number of piperidine rings is 1. The van der Waals surface area contributed by atoms with E-state index in [4.69, 9.17) is 0 Å². The quantitative estimate of drug-likeness (QED) is 0.694. The molecule has 2 heterocycles. The van der Waals surface area contributed by atoms with Gasteiger partial charge in [0.25, 0.3) is 0 Å². The number of benzene rings is 2. The topological polar surface area (TPSA) is 58.1 Å². The Morgan fingerprint density at radius 3 is 2.60 bits per heavy atom. The molecule has 2 aromatic carbocycles. The normalized spacial score (nSPS) is 16.3. The maximum absolute atomic E-state index is 12.7. The van der Waals surface area contributed by atoms with Crippen LogP contribution in [-0.2, 0) is 11.3 Å². The molecule has 1 saturated heterocycles. The fourth-order valence-corrected chi connectivity index (χ4v) is 3.89. The van der Waals surface area contributed by atoms with E-state index in [0.717, 1.165) is 42.0 Å². The molecule has 1 N–H and O–H groups in total. The highest BCUT2D eigenvalue weighted by Gasteiger charge is 2.26. The first-order chi connectivity index (χ1) is 14.6. The summed E-state index contributed by atoms with van der Waals surface area (Å²) in [6.07, 6.45) is 1.88. The predicted octanol–water partition coefficient (Wildman–Crippen LogP) is 4.29. The molecule has 1 amide bonds. The Morgan fingerprint density at radius 2 is 1.87 bits per heavy atom. The van der Waals surface area contributed by atoms with Gasteiger partial charge in [0.2, 0.25) is 5.91 Å². The highest BCUT2D eigenvalue weighted by atomic mass is 16.1. The predicted molar refractivity (Wildman–Crippen MR) is 120 cm³/mol. The molecule has 30 heavy (non-hydrogen) atoms. The zero-order valence-corrected chi connectivity index (χ0v) is 17.6. The lowest BCUT2D eigenvalue weighted by Crippen LogP contribution is -2.43. The third kappa shape index (κ3) is 4.85. The average molecular weight is 401 g/mol. The number of hydrogen-bond donors (Lipinski definition) is 1. The summed E-state index contributed by atoms with van der Waals surface area (Å²) in [5, 5.41) is 12.0. The van der Waals surface area contributed by atoms with Gasteiger partial charge in [-0.25, -0.2) is 0 Å². The van der Waals surface area contributed by atoms with E-state index in [2.05, 4.69) is 70.7 Å². The molecule has 0 bridgehead atoms. The van der Waals surface area contributed by atoms with Crippen LogP contribution in [0.25, 0.3) is 11.3 Å². The summed E-state index contributed by atoms with van der Waals surface area (Å²) in [7, 11) is 0. The van der Waals surface area contributed by atoms with E-state index in [0.29, 0.717) is 13.1 Å². The van der Waals surface area contributed by atoms with Gasteiger partial charge < -0.3 is 10.2 Å². The molecule has 3 aromatic rings. The van der Waals surface area contributed by atoms with Crippen molar-refractivity contribution in [2.24, 2.45) is 5.92 Å². The summed E-state index contributed by atoms with van der Waals surface area (Å²) < 4.78 is 0. The van der Waals surface area contributed by atoms with Crippen LogP contribution < -0.4 is 10.2 Å². The molecule has 5 nitrogen and oxygen atoms in total. The van der Waals surface area contributed by atoms with Crippen LogP contribution in [0.4, 0.5) is 5.82 Å². The van der Waals surface area contributed by atoms with Crippen LogP contribution in [0.3, 0.4) is 0 Å². The Kier molecular flexibility index (Phi) is 6.07. The van der Waals surface area contributed by atoms with Gasteiger partial charge in [-0.2, -0.15) is 0 Å². The largest absolute Gasteiger partial charge is 0.354 e. The van der Waals surface area contributed by atoms with Gasteiger partial charge in [-0.3, -0.25) is 4.79 Å². The Labute approximate surface area is 178 Å². The number of nitrogens with zero attached hydrogens (tertiary/aromatic N) is 3. The Morgan fingerprint density at radius 1 is 1.03 bits per heavy atom. The van der Waals surface area contributed by atoms with Gasteiger partial charge in [0.1, 0.15) is 0 Å². The van der Waals surface area contributed by atoms with Crippen LogP contribution in [0.1, 0.15) is 29.5 Å². The molecule has 0 spiro atoms. The first kappa shape index (κ1) is 20.1. The minimum absolute atomic E-state index is 0.0255. The Hall–Kier alpha value is -3.21. The zero-order valence-electron chi connectivity index (χ0n) is 17.6. The second kappa shape index (κ2) is 9.08. The summed E-state index contributed by atoms with van der Waals surface area (Å²) in [5.41, 5.74) is 5.49. The number of carbonyl (C=O) groups is 1. The number of amides is 1. The van der Waals surface area contributed by atoms with E-state index in [1.54, 1.807) is 0 Å². The number of aryl methyl sites for hydroxylation is 2. The third-order valence-corrected chi connectivity index (χ3v) is 5.67. The number of carbonyl (C=O) groups excluding carboxylic acids is 1. The number of rotatable bonds is 5. The molecule has 4 rings (SSSR count). The standard InChI is InChI=1S/C25H28N4O/c1-18-8-10-20(11-9-18)16-26-25(30)22-7-4-14-29(17-22)24-13-12-23(27-28-24)21-6-3-5-19(2)15-21/h3,5-6,8-13,15,22H,4,7,14,16-17H2,1-2H3,(H,26,30)/t22-/m0/s1. The van der Waals surface area contributed by atoms with E-state index in [1.807, 2.05) is 24.3 Å². The van der Waals surface area contributed by atoms with Crippen LogP contribution in [0, 0.1) is 19.8 Å². The van der Waals surface area contributed by atoms with Gasteiger partial charge in [0.15, 0.2) is 5.82 Å². The monoisotopic (exact) mass is 400 g/mol. The summed E-state index contributed by atoms with van der Waals surface area (Å²) in [4.78, 5) is 14.9. The van der Waals surface area contributed by atoms with Crippen LogP contribution in [0.2, 0.25) is 0 Å². The molecule has 154 valence electrons. The van der Waals surface area contributed by atoms with Crippen molar-refractivity contribution in [3.63, 3.8) is 0 Å². The first-order valence-corrected chi connectivity index (χ1v) is 10.6. The van der Waals surface area contributed by atoms with Crippen molar-refractivity contribution in [2.45, 2.75) is 33.2 Å². The van der Waals surface area contributed by atoms with Crippen molar-refractivity contribution in [1.29, 1.82) is 0 Å². The van der Waals surface area contributed by atoms with Crippen molar-refractivity contribution in [2.75, 3.05) is 18.0 Å². The van der Waals surface area contributed by atoms with Crippen LogP contribution in [0.15, 0.2) is 60.7 Å². The summed E-state index contributed by atoms with van der Waals surface area (Å²) in [5.74, 6) is 0.925. The van der Waals surface area contributed by atoms with Gasteiger partial charge in [0.05, 0.1) is 11.6 Å². The summed E-state index contributed by atoms with van der Waals surface area (Å²) >= 11 is 0. The SMILES string of the molecule is Cc1ccc(CNC(=O)[C@H]2CCCN(c3ccc(-c4cccc(C)c4)nn3)C2)cc1. The van der Waals surface area contributed by atoms with E-state index < -0.39 is 0 Å². The fourth-order valence-electron chi connectivity index (χ4n) is 3.89. The Bertz CT molecular complexity index is 998. The molecule has 1 aliphatic heterocycles. The average Bonchev–Trinajstić information content (AvgIpc) is 2.79. The molecular weight excluding hydrogens is 372 g/mol. The molecule has 0 radical (unpaired) electrons. The van der Waals surface area contributed by atoms with Crippen LogP contribution in [-0.4, -0.2) is 29.2 Å². The van der Waals surface area contributed by atoms with Gasteiger partial charge >= 0.3 is 0 Å². The van der Waals surface area contributed by atoms with Gasteiger partial charge in [-0.15, -0.1) is 10.2 Å². The highest BCUT2D eigenvalue weighted by molar-refractivity contribution is 5.79. The van der Waals surface area contributed by atoms with Gasteiger partial charge in [-0.05, 0) is 50.5 Å². The molecule has 1 aromatic heterocycles. The number of hydrogen-bond acceptors (Lipinski definition) is 4. The first-order valence-electron chi connectivity index (χ1n) is 10.6. The lowest BCUT2D eigenvalue weighted by atomic mass is 9.97. The number of anilines is 1. The van der Waals surface area contributed by atoms with E-state index in [9.17, 15) is 4.79 Å². The second-order valence-electron chi connectivity index (χ2n) is 8.13. The lowest BCUT2D eigenvalue weighted by Gasteiger charge is -2.32. The second-order valence-corrected chi connectivity index (χ2v) is 8.13. The van der Waals surface area contributed by atoms with Crippen molar-refractivity contribution in [1.82, 2.24) is 15.5 Å². The third-order valence-electron chi connectivity index (χ3n) is 5.67. The van der Waals surface area contributed by atoms with Crippen molar-refractivity contribution < 1.29 is 4.79 Å². The minimum atomic E-state index is -0.0255. The van der Waals surface area contributed by atoms with Gasteiger partial charge in [-0.1, -0.05) is 53.6 Å².